The van der Waals surface area contributed by atoms with E-state index >= 15 is 0 Å². The summed E-state index contributed by atoms with van der Waals surface area (Å²) in [6.45, 7) is 4.10. The van der Waals surface area contributed by atoms with Gasteiger partial charge in [-0.15, -0.1) is 0 Å². The van der Waals surface area contributed by atoms with E-state index < -0.39 is 0 Å². The van der Waals surface area contributed by atoms with Gasteiger partial charge in [-0.1, -0.05) is 49.3 Å². The molecule has 19 heavy (non-hydrogen) atoms. The van der Waals surface area contributed by atoms with Gasteiger partial charge < -0.3 is 10.3 Å². The highest BCUT2D eigenvalue weighted by Crippen LogP contribution is 2.16. The standard InChI is InChI=1S/C15H21N3O/c1-11(2)14(16)15-17-13(19-18-15)10-6-9-12-7-4-3-5-8-12/h3-5,7-8,11,14H,6,9-10,16H2,1-2H3. The molecular formula is C15H21N3O. The van der Waals surface area contributed by atoms with E-state index in [1.807, 2.05) is 6.07 Å². The Labute approximate surface area is 114 Å². The highest BCUT2D eigenvalue weighted by Gasteiger charge is 2.17. The summed E-state index contributed by atoms with van der Waals surface area (Å²) in [5.41, 5.74) is 7.32. The third kappa shape index (κ3) is 3.89. The van der Waals surface area contributed by atoms with E-state index in [9.17, 15) is 0 Å². The van der Waals surface area contributed by atoms with E-state index in [-0.39, 0.29) is 6.04 Å². The van der Waals surface area contributed by atoms with Crippen LogP contribution in [0.5, 0.6) is 0 Å². The molecule has 4 nitrogen and oxygen atoms in total. The second kappa shape index (κ2) is 6.48. The molecule has 0 amide bonds. The summed E-state index contributed by atoms with van der Waals surface area (Å²) in [6.07, 6.45) is 2.82. The first kappa shape index (κ1) is 13.7. The second-order valence-corrected chi connectivity index (χ2v) is 5.16. The molecule has 0 fully saturated rings. The van der Waals surface area contributed by atoms with Gasteiger partial charge in [-0.05, 0) is 24.3 Å². The third-order valence-corrected chi connectivity index (χ3v) is 3.20. The van der Waals surface area contributed by atoms with Gasteiger partial charge >= 0.3 is 0 Å². The molecule has 0 aliphatic heterocycles. The number of aryl methyl sites for hydroxylation is 2. The Balaban J connectivity index is 1.84. The number of nitrogens with two attached hydrogens (primary N) is 1. The van der Waals surface area contributed by atoms with Gasteiger partial charge in [0.1, 0.15) is 0 Å². The van der Waals surface area contributed by atoms with Crippen molar-refractivity contribution >= 4 is 0 Å². The molecule has 4 heteroatoms. The normalized spacial score (nSPS) is 12.8. The van der Waals surface area contributed by atoms with Crippen LogP contribution in [0.1, 0.15) is 43.6 Å². The number of benzene rings is 1. The fourth-order valence-corrected chi connectivity index (χ4v) is 1.89. The van der Waals surface area contributed by atoms with Crippen molar-refractivity contribution in [3.05, 3.63) is 47.6 Å². The van der Waals surface area contributed by atoms with Crippen LogP contribution in [0, 0.1) is 5.92 Å². The van der Waals surface area contributed by atoms with Crippen molar-refractivity contribution in [2.45, 2.75) is 39.2 Å². The van der Waals surface area contributed by atoms with Crippen LogP contribution in [-0.2, 0) is 12.8 Å². The van der Waals surface area contributed by atoms with Crippen LogP contribution in [-0.4, -0.2) is 10.1 Å². The van der Waals surface area contributed by atoms with Gasteiger partial charge in [0.15, 0.2) is 5.82 Å². The molecule has 0 saturated heterocycles. The van der Waals surface area contributed by atoms with Crippen molar-refractivity contribution in [1.82, 2.24) is 10.1 Å². The van der Waals surface area contributed by atoms with Crippen molar-refractivity contribution in [2.24, 2.45) is 11.7 Å². The molecule has 102 valence electrons. The molecule has 2 N–H and O–H groups in total. The molecule has 0 saturated carbocycles. The van der Waals surface area contributed by atoms with Crippen LogP contribution in [0.15, 0.2) is 34.9 Å². The Morgan fingerprint density at radius 3 is 2.58 bits per heavy atom. The lowest BCUT2D eigenvalue weighted by Crippen LogP contribution is -2.18. The molecule has 1 heterocycles. The van der Waals surface area contributed by atoms with E-state index in [1.165, 1.54) is 5.56 Å². The van der Waals surface area contributed by atoms with Gasteiger partial charge in [-0.2, -0.15) is 4.98 Å². The molecule has 1 atom stereocenters. The summed E-state index contributed by atoms with van der Waals surface area (Å²) in [7, 11) is 0. The Morgan fingerprint density at radius 1 is 1.16 bits per heavy atom. The third-order valence-electron chi connectivity index (χ3n) is 3.20. The molecule has 1 aromatic carbocycles. The average molecular weight is 259 g/mol. The lowest BCUT2D eigenvalue weighted by molar-refractivity contribution is 0.361. The fourth-order valence-electron chi connectivity index (χ4n) is 1.89. The van der Waals surface area contributed by atoms with E-state index in [4.69, 9.17) is 10.3 Å². The van der Waals surface area contributed by atoms with Gasteiger partial charge in [-0.25, -0.2) is 0 Å². The van der Waals surface area contributed by atoms with Crippen LogP contribution in [0.2, 0.25) is 0 Å². The largest absolute Gasteiger partial charge is 0.339 e. The van der Waals surface area contributed by atoms with Crippen molar-refractivity contribution in [3.8, 4) is 0 Å². The molecule has 0 aliphatic rings. The molecule has 1 unspecified atom stereocenters. The average Bonchev–Trinajstić information content (AvgIpc) is 2.88. The number of nitrogens with zero attached hydrogens (tertiary/aromatic N) is 2. The van der Waals surface area contributed by atoms with Crippen molar-refractivity contribution in [2.75, 3.05) is 0 Å². The van der Waals surface area contributed by atoms with Gasteiger partial charge in [0, 0.05) is 6.42 Å². The predicted octanol–water partition coefficient (Wildman–Crippen LogP) is 2.90. The van der Waals surface area contributed by atoms with Gasteiger partial charge in [0.2, 0.25) is 5.89 Å². The fraction of sp³-hybridized carbons (Fsp3) is 0.467. The van der Waals surface area contributed by atoms with Crippen molar-refractivity contribution < 1.29 is 4.52 Å². The highest BCUT2D eigenvalue weighted by molar-refractivity contribution is 5.14. The minimum atomic E-state index is -0.147. The monoisotopic (exact) mass is 259 g/mol. The Morgan fingerprint density at radius 2 is 1.89 bits per heavy atom. The summed E-state index contributed by atoms with van der Waals surface area (Å²) in [4.78, 5) is 4.36. The smallest absolute Gasteiger partial charge is 0.226 e. The lowest BCUT2D eigenvalue weighted by atomic mass is 10.1. The molecule has 1 aromatic heterocycles. The first-order valence-electron chi connectivity index (χ1n) is 6.79. The summed E-state index contributed by atoms with van der Waals surface area (Å²) in [5, 5.41) is 3.95. The van der Waals surface area contributed by atoms with Crippen LogP contribution in [0.3, 0.4) is 0 Å². The summed E-state index contributed by atoms with van der Waals surface area (Å²) < 4.78 is 5.23. The molecule has 2 aromatic rings. The Hall–Kier alpha value is -1.68. The quantitative estimate of drug-likeness (QED) is 0.866. The van der Waals surface area contributed by atoms with E-state index in [0.717, 1.165) is 19.3 Å². The summed E-state index contributed by atoms with van der Waals surface area (Å²) >= 11 is 0. The summed E-state index contributed by atoms with van der Waals surface area (Å²) in [5.74, 6) is 1.61. The van der Waals surface area contributed by atoms with Gasteiger partial charge in [0.25, 0.3) is 0 Å². The molecule has 0 spiro atoms. The topological polar surface area (TPSA) is 64.9 Å². The zero-order valence-corrected chi connectivity index (χ0v) is 11.5. The highest BCUT2D eigenvalue weighted by atomic mass is 16.5. The minimum Gasteiger partial charge on any atom is -0.339 e. The molecule has 0 radical (unpaired) electrons. The number of rotatable bonds is 6. The van der Waals surface area contributed by atoms with Crippen LogP contribution in [0.25, 0.3) is 0 Å². The predicted molar refractivity (Wildman–Crippen MR) is 74.5 cm³/mol. The number of aromatic nitrogens is 2. The molecule has 0 bridgehead atoms. The SMILES string of the molecule is CC(C)C(N)c1noc(CCCc2ccccc2)n1. The van der Waals surface area contributed by atoms with Gasteiger partial charge in [0.05, 0.1) is 6.04 Å². The van der Waals surface area contributed by atoms with Crippen LogP contribution < -0.4 is 5.73 Å². The number of hydrogen-bond donors (Lipinski definition) is 1. The summed E-state index contributed by atoms with van der Waals surface area (Å²) in [6, 6.07) is 10.3. The Kier molecular flexibility index (Phi) is 4.68. The first-order valence-corrected chi connectivity index (χ1v) is 6.79. The minimum absolute atomic E-state index is 0.147. The van der Waals surface area contributed by atoms with Crippen LogP contribution in [0.4, 0.5) is 0 Å². The van der Waals surface area contributed by atoms with Gasteiger partial charge in [-0.3, -0.25) is 0 Å². The van der Waals surface area contributed by atoms with Crippen molar-refractivity contribution in [1.29, 1.82) is 0 Å². The molecule has 2 rings (SSSR count). The van der Waals surface area contributed by atoms with Crippen LogP contribution >= 0.6 is 0 Å². The lowest BCUT2D eigenvalue weighted by Gasteiger charge is -2.09. The molecular weight excluding hydrogens is 238 g/mol. The Bertz CT molecular complexity index is 493. The zero-order valence-electron chi connectivity index (χ0n) is 11.5. The van der Waals surface area contributed by atoms with E-state index in [0.29, 0.717) is 17.6 Å². The van der Waals surface area contributed by atoms with Crippen molar-refractivity contribution in [3.63, 3.8) is 0 Å². The van der Waals surface area contributed by atoms with E-state index in [2.05, 4.69) is 48.3 Å². The maximum Gasteiger partial charge on any atom is 0.226 e. The zero-order chi connectivity index (χ0) is 13.7. The van der Waals surface area contributed by atoms with E-state index in [1.54, 1.807) is 0 Å². The first-order chi connectivity index (χ1) is 9.16. The second-order valence-electron chi connectivity index (χ2n) is 5.16. The molecule has 0 aliphatic carbocycles. The maximum atomic E-state index is 5.99. The maximum absolute atomic E-state index is 5.99. The number of hydrogen-bond acceptors (Lipinski definition) is 4.